The van der Waals surface area contributed by atoms with Gasteiger partial charge in [-0.2, -0.15) is 0 Å². The molecule has 3 rings (SSSR count). The van der Waals surface area contributed by atoms with Gasteiger partial charge in [0.15, 0.2) is 5.78 Å². The summed E-state index contributed by atoms with van der Waals surface area (Å²) < 4.78 is 5.04. The van der Waals surface area contributed by atoms with Crippen molar-refractivity contribution < 1.29 is 14.3 Å². The summed E-state index contributed by atoms with van der Waals surface area (Å²) >= 11 is 1.52. The number of anilines is 2. The van der Waals surface area contributed by atoms with Gasteiger partial charge < -0.3 is 10.1 Å². The number of nitrogens with one attached hydrogen (secondary N) is 1. The van der Waals surface area contributed by atoms with Crippen LogP contribution in [0.4, 0.5) is 11.5 Å². The smallest absolute Gasteiger partial charge is 0.376 e. The van der Waals surface area contributed by atoms with E-state index in [1.54, 1.807) is 19.1 Å². The zero-order valence-electron chi connectivity index (χ0n) is 15.0. The van der Waals surface area contributed by atoms with Crippen molar-refractivity contribution in [2.75, 3.05) is 11.9 Å². The maximum atomic E-state index is 12.1. The van der Waals surface area contributed by atoms with E-state index in [1.165, 1.54) is 18.3 Å². The summed E-state index contributed by atoms with van der Waals surface area (Å²) in [5, 5.41) is 4.13. The van der Waals surface area contributed by atoms with Gasteiger partial charge in [0, 0.05) is 16.1 Å². The monoisotopic (exact) mass is 369 g/mol. The molecular weight excluding hydrogens is 350 g/mol. The van der Waals surface area contributed by atoms with Gasteiger partial charge in [-0.1, -0.05) is 0 Å². The predicted molar refractivity (Wildman–Crippen MR) is 103 cm³/mol. The molecule has 0 unspecified atom stereocenters. The van der Waals surface area contributed by atoms with Crippen LogP contribution < -0.4 is 5.32 Å². The van der Waals surface area contributed by atoms with E-state index in [2.05, 4.69) is 15.3 Å². The second-order valence-corrected chi connectivity index (χ2v) is 7.04. The first-order chi connectivity index (χ1) is 12.4. The molecule has 2 heterocycles. The van der Waals surface area contributed by atoms with Crippen molar-refractivity contribution in [3.8, 4) is 0 Å². The molecule has 0 fully saturated rings. The van der Waals surface area contributed by atoms with Crippen LogP contribution in [0.2, 0.25) is 0 Å². The molecule has 0 aliphatic carbocycles. The number of aryl methyl sites for hydroxylation is 2. The number of carbonyl (C=O) groups excluding carboxylic acids is 2. The summed E-state index contributed by atoms with van der Waals surface area (Å²) in [6, 6.07) is 7.12. The average molecular weight is 369 g/mol. The number of ether oxygens (including phenoxy) is 1. The van der Waals surface area contributed by atoms with E-state index in [1.807, 2.05) is 26.0 Å². The molecule has 0 spiro atoms. The minimum absolute atomic E-state index is 0.00915. The summed E-state index contributed by atoms with van der Waals surface area (Å²) in [7, 11) is 0. The van der Waals surface area contributed by atoms with Gasteiger partial charge in [-0.15, -0.1) is 11.3 Å². The fourth-order valence-electron chi connectivity index (χ4n) is 2.55. The SMILES string of the molecule is CCOC(=O)c1nc(Nc2ccc(C(C)=O)cc2)c2c(C)c(C)sc2n1. The number of ketones is 1. The first kappa shape index (κ1) is 18.0. The van der Waals surface area contributed by atoms with Crippen molar-refractivity contribution in [2.24, 2.45) is 0 Å². The Morgan fingerprint density at radius 2 is 1.85 bits per heavy atom. The van der Waals surface area contributed by atoms with E-state index in [0.717, 1.165) is 26.3 Å². The third-order valence-electron chi connectivity index (χ3n) is 4.04. The Morgan fingerprint density at radius 1 is 1.15 bits per heavy atom. The number of thiophene rings is 1. The fraction of sp³-hybridized carbons (Fsp3) is 0.263. The number of fused-ring (bicyclic) bond motifs is 1. The number of benzene rings is 1. The number of hydrogen-bond acceptors (Lipinski definition) is 7. The lowest BCUT2D eigenvalue weighted by Crippen LogP contribution is -2.11. The Kier molecular flexibility index (Phi) is 4.99. The van der Waals surface area contributed by atoms with Crippen LogP contribution in [-0.4, -0.2) is 28.3 Å². The zero-order valence-corrected chi connectivity index (χ0v) is 15.9. The van der Waals surface area contributed by atoms with Crippen LogP contribution >= 0.6 is 11.3 Å². The molecule has 0 saturated heterocycles. The van der Waals surface area contributed by atoms with E-state index < -0.39 is 5.97 Å². The summed E-state index contributed by atoms with van der Waals surface area (Å²) in [4.78, 5) is 34.1. The van der Waals surface area contributed by atoms with Crippen LogP contribution in [0.15, 0.2) is 24.3 Å². The molecule has 6 nitrogen and oxygen atoms in total. The molecule has 0 radical (unpaired) electrons. The quantitative estimate of drug-likeness (QED) is 0.529. The molecule has 26 heavy (non-hydrogen) atoms. The molecule has 0 amide bonds. The van der Waals surface area contributed by atoms with Crippen molar-refractivity contribution in [2.45, 2.75) is 27.7 Å². The van der Waals surface area contributed by atoms with Crippen LogP contribution in [0.5, 0.6) is 0 Å². The Labute approximate surface area is 155 Å². The molecule has 0 aliphatic heterocycles. The van der Waals surface area contributed by atoms with Gasteiger partial charge in [0.1, 0.15) is 10.6 Å². The summed E-state index contributed by atoms with van der Waals surface area (Å²) in [5.41, 5.74) is 2.48. The van der Waals surface area contributed by atoms with Crippen molar-refractivity contribution in [1.82, 2.24) is 9.97 Å². The van der Waals surface area contributed by atoms with E-state index in [0.29, 0.717) is 11.4 Å². The molecule has 7 heteroatoms. The third kappa shape index (κ3) is 3.43. The second kappa shape index (κ2) is 7.21. The van der Waals surface area contributed by atoms with Gasteiger partial charge in [-0.25, -0.2) is 14.8 Å². The zero-order chi connectivity index (χ0) is 18.8. The van der Waals surface area contributed by atoms with E-state index in [-0.39, 0.29) is 18.2 Å². The maximum Gasteiger partial charge on any atom is 0.376 e. The van der Waals surface area contributed by atoms with Crippen molar-refractivity contribution in [3.05, 3.63) is 46.1 Å². The molecule has 0 saturated carbocycles. The highest BCUT2D eigenvalue weighted by Gasteiger charge is 2.19. The van der Waals surface area contributed by atoms with Crippen molar-refractivity contribution >= 4 is 44.8 Å². The third-order valence-corrected chi connectivity index (χ3v) is 5.14. The Bertz CT molecular complexity index is 993. The van der Waals surface area contributed by atoms with Crippen LogP contribution in [-0.2, 0) is 4.74 Å². The second-order valence-electron chi connectivity index (χ2n) is 5.84. The topological polar surface area (TPSA) is 81.2 Å². The fourth-order valence-corrected chi connectivity index (χ4v) is 3.58. The molecule has 0 atom stereocenters. The molecule has 3 aromatic rings. The van der Waals surface area contributed by atoms with Gasteiger partial charge in [0.25, 0.3) is 0 Å². The van der Waals surface area contributed by atoms with E-state index >= 15 is 0 Å². The van der Waals surface area contributed by atoms with Crippen LogP contribution in [0.3, 0.4) is 0 Å². The first-order valence-corrected chi connectivity index (χ1v) is 9.05. The first-order valence-electron chi connectivity index (χ1n) is 8.23. The summed E-state index contributed by atoms with van der Waals surface area (Å²) in [6.07, 6.45) is 0. The number of carbonyl (C=O) groups is 2. The maximum absolute atomic E-state index is 12.1. The number of nitrogens with zero attached hydrogens (tertiary/aromatic N) is 2. The minimum Gasteiger partial charge on any atom is -0.460 e. The Hall–Kier alpha value is -2.80. The number of Topliss-reactive ketones (excluding diaryl/α,β-unsaturated/α-hetero) is 1. The molecule has 1 aromatic carbocycles. The Balaban J connectivity index is 2.07. The van der Waals surface area contributed by atoms with Gasteiger partial charge in [-0.05, 0) is 57.5 Å². The summed E-state index contributed by atoms with van der Waals surface area (Å²) in [5.74, 6) is 0.0434. The number of esters is 1. The molecular formula is C19H19N3O3S. The summed E-state index contributed by atoms with van der Waals surface area (Å²) in [6.45, 7) is 7.55. The predicted octanol–water partition coefficient (Wildman–Crippen LogP) is 4.43. The molecule has 1 N–H and O–H groups in total. The van der Waals surface area contributed by atoms with Crippen LogP contribution in [0, 0.1) is 13.8 Å². The number of aromatic nitrogens is 2. The molecule has 0 bridgehead atoms. The lowest BCUT2D eigenvalue weighted by atomic mass is 10.1. The van der Waals surface area contributed by atoms with E-state index in [4.69, 9.17) is 4.74 Å². The molecule has 134 valence electrons. The normalized spacial score (nSPS) is 10.8. The highest BCUT2D eigenvalue weighted by molar-refractivity contribution is 7.18. The van der Waals surface area contributed by atoms with Gasteiger partial charge in [0.05, 0.1) is 12.0 Å². The van der Waals surface area contributed by atoms with Gasteiger partial charge >= 0.3 is 5.97 Å². The number of hydrogen-bond donors (Lipinski definition) is 1. The minimum atomic E-state index is -0.548. The van der Waals surface area contributed by atoms with Crippen molar-refractivity contribution in [3.63, 3.8) is 0 Å². The van der Waals surface area contributed by atoms with Crippen LogP contribution in [0.25, 0.3) is 10.2 Å². The average Bonchev–Trinajstić information content (AvgIpc) is 2.90. The highest BCUT2D eigenvalue weighted by Crippen LogP contribution is 2.34. The van der Waals surface area contributed by atoms with Crippen LogP contribution in [0.1, 0.15) is 45.3 Å². The Morgan fingerprint density at radius 3 is 2.46 bits per heavy atom. The van der Waals surface area contributed by atoms with Gasteiger partial charge in [-0.3, -0.25) is 4.79 Å². The largest absolute Gasteiger partial charge is 0.460 e. The lowest BCUT2D eigenvalue weighted by molar-refractivity contribution is 0.0512. The van der Waals surface area contributed by atoms with E-state index in [9.17, 15) is 9.59 Å². The highest BCUT2D eigenvalue weighted by atomic mass is 32.1. The number of rotatable bonds is 5. The standard InChI is InChI=1S/C19H19N3O3S/c1-5-25-19(24)17-21-16(15-10(2)12(4)26-18(15)22-17)20-14-8-6-13(7-9-14)11(3)23/h6-9H,5H2,1-4H3,(H,20,21,22). The van der Waals surface area contributed by atoms with Crippen molar-refractivity contribution in [1.29, 1.82) is 0 Å². The lowest BCUT2D eigenvalue weighted by Gasteiger charge is -2.10. The van der Waals surface area contributed by atoms with Gasteiger partial charge in [0.2, 0.25) is 5.82 Å². The molecule has 0 aliphatic rings. The molecule has 2 aromatic heterocycles.